The predicted octanol–water partition coefficient (Wildman–Crippen LogP) is 3.33. The molecule has 0 saturated carbocycles. The van der Waals surface area contributed by atoms with Gasteiger partial charge in [0.05, 0.1) is 0 Å². The number of amides is 1. The zero-order valence-corrected chi connectivity index (χ0v) is 16.2. The second kappa shape index (κ2) is 8.81. The van der Waals surface area contributed by atoms with Crippen molar-refractivity contribution in [3.05, 3.63) is 35.9 Å². The molecular weight excluding hydrogens is 312 g/mol. The van der Waals surface area contributed by atoms with Crippen LogP contribution in [0.1, 0.15) is 51.6 Å². The third-order valence-electron chi connectivity index (χ3n) is 5.11. The van der Waals surface area contributed by atoms with Gasteiger partial charge < -0.3 is 10.0 Å². The molecule has 0 radical (unpaired) electrons. The molecule has 25 heavy (non-hydrogen) atoms. The summed E-state index contributed by atoms with van der Waals surface area (Å²) in [5, 5.41) is 9.48. The van der Waals surface area contributed by atoms with Crippen LogP contribution in [0.5, 0.6) is 0 Å². The Morgan fingerprint density at radius 2 is 2.00 bits per heavy atom. The fourth-order valence-electron chi connectivity index (χ4n) is 3.85. The summed E-state index contributed by atoms with van der Waals surface area (Å²) in [7, 11) is 2.14. The van der Waals surface area contributed by atoms with Gasteiger partial charge in [-0.2, -0.15) is 0 Å². The average molecular weight is 347 g/mol. The Kier molecular flexibility index (Phi) is 7.03. The molecular formula is C21H34N2O2. The van der Waals surface area contributed by atoms with Gasteiger partial charge in [0.25, 0.3) is 0 Å². The molecule has 1 heterocycles. The number of aliphatic hydroxyl groups excluding tert-OH is 1. The first-order chi connectivity index (χ1) is 11.8. The maximum Gasteiger partial charge on any atom is 0.227 e. The van der Waals surface area contributed by atoms with E-state index in [0.29, 0.717) is 5.92 Å². The van der Waals surface area contributed by atoms with Gasteiger partial charge in [-0.15, -0.1) is 0 Å². The fraction of sp³-hybridized carbons (Fsp3) is 0.667. The summed E-state index contributed by atoms with van der Waals surface area (Å²) in [6.45, 7) is 8.86. The van der Waals surface area contributed by atoms with E-state index in [1.807, 2.05) is 31.7 Å². The summed E-state index contributed by atoms with van der Waals surface area (Å²) in [5.41, 5.74) is 0.939. The molecule has 0 bridgehead atoms. The molecule has 2 rings (SSSR count). The Morgan fingerprint density at radius 3 is 2.60 bits per heavy atom. The highest BCUT2D eigenvalue weighted by Gasteiger charge is 2.32. The zero-order valence-electron chi connectivity index (χ0n) is 16.2. The number of hydrogen-bond acceptors (Lipinski definition) is 3. The quantitative estimate of drug-likeness (QED) is 0.859. The van der Waals surface area contributed by atoms with E-state index in [4.69, 9.17) is 0 Å². The van der Waals surface area contributed by atoms with Crippen LogP contribution in [0.2, 0.25) is 0 Å². The first kappa shape index (κ1) is 19.9. The highest BCUT2D eigenvalue weighted by Crippen LogP contribution is 2.27. The van der Waals surface area contributed by atoms with E-state index in [9.17, 15) is 9.90 Å². The van der Waals surface area contributed by atoms with Crippen LogP contribution >= 0.6 is 0 Å². The van der Waals surface area contributed by atoms with E-state index in [1.54, 1.807) is 0 Å². The van der Waals surface area contributed by atoms with Crippen molar-refractivity contribution in [1.82, 2.24) is 9.80 Å². The van der Waals surface area contributed by atoms with Crippen molar-refractivity contribution < 1.29 is 9.90 Å². The van der Waals surface area contributed by atoms with Gasteiger partial charge in [0.1, 0.15) is 0 Å². The standard InChI is InChI=1S/C21H34N2O2/c1-21(2,3)20(25)23-13-8-9-17(16-23)15-22(4)19(12-14-24)18-10-6-5-7-11-18/h5-7,10-11,17,19,24H,8-9,12-16H2,1-4H3. The number of benzene rings is 1. The molecule has 1 fully saturated rings. The van der Waals surface area contributed by atoms with Crippen LogP contribution in [-0.4, -0.2) is 54.1 Å². The zero-order chi connectivity index (χ0) is 18.4. The summed E-state index contributed by atoms with van der Waals surface area (Å²) in [6, 6.07) is 10.6. The van der Waals surface area contributed by atoms with Crippen molar-refractivity contribution in [3.63, 3.8) is 0 Å². The van der Waals surface area contributed by atoms with Crippen LogP contribution < -0.4 is 0 Å². The molecule has 1 aliphatic heterocycles. The molecule has 0 spiro atoms. The Morgan fingerprint density at radius 1 is 1.32 bits per heavy atom. The van der Waals surface area contributed by atoms with Crippen LogP contribution in [-0.2, 0) is 4.79 Å². The largest absolute Gasteiger partial charge is 0.396 e. The molecule has 1 aromatic carbocycles. The molecule has 2 unspecified atom stereocenters. The summed E-state index contributed by atoms with van der Waals surface area (Å²) in [5.74, 6) is 0.754. The molecule has 0 aliphatic carbocycles. The molecule has 1 aromatic rings. The minimum Gasteiger partial charge on any atom is -0.396 e. The van der Waals surface area contributed by atoms with Crippen LogP contribution in [0, 0.1) is 11.3 Å². The summed E-state index contributed by atoms with van der Waals surface area (Å²) in [6.07, 6.45) is 2.98. The maximum absolute atomic E-state index is 12.6. The van der Waals surface area contributed by atoms with E-state index >= 15 is 0 Å². The second-order valence-electron chi connectivity index (χ2n) is 8.39. The maximum atomic E-state index is 12.6. The molecule has 140 valence electrons. The summed E-state index contributed by atoms with van der Waals surface area (Å²) >= 11 is 0. The minimum atomic E-state index is -0.308. The van der Waals surface area contributed by atoms with Gasteiger partial charge in [0.15, 0.2) is 0 Å². The number of piperidine rings is 1. The molecule has 1 N–H and O–H groups in total. The summed E-state index contributed by atoms with van der Waals surface area (Å²) < 4.78 is 0. The van der Waals surface area contributed by atoms with E-state index in [2.05, 4.69) is 36.2 Å². The van der Waals surface area contributed by atoms with Crippen molar-refractivity contribution in [1.29, 1.82) is 0 Å². The van der Waals surface area contributed by atoms with E-state index in [0.717, 1.165) is 32.5 Å². The predicted molar refractivity (Wildman–Crippen MR) is 102 cm³/mol. The third-order valence-corrected chi connectivity index (χ3v) is 5.11. The smallest absolute Gasteiger partial charge is 0.227 e. The van der Waals surface area contributed by atoms with E-state index in [-0.39, 0.29) is 24.0 Å². The lowest BCUT2D eigenvalue weighted by molar-refractivity contribution is -0.141. The van der Waals surface area contributed by atoms with Crippen LogP contribution in [0.15, 0.2) is 30.3 Å². The lowest BCUT2D eigenvalue weighted by Gasteiger charge is -2.39. The average Bonchev–Trinajstić information content (AvgIpc) is 2.59. The Balaban J connectivity index is 2.00. The SMILES string of the molecule is CN(CC1CCCN(C(=O)C(C)(C)C)C1)C(CCO)c1ccccc1. The van der Waals surface area contributed by atoms with Crippen molar-refractivity contribution in [2.75, 3.05) is 33.3 Å². The number of carbonyl (C=O) groups is 1. The van der Waals surface area contributed by atoms with Gasteiger partial charge >= 0.3 is 0 Å². The monoisotopic (exact) mass is 346 g/mol. The minimum absolute atomic E-state index is 0.184. The highest BCUT2D eigenvalue weighted by atomic mass is 16.3. The van der Waals surface area contributed by atoms with Crippen molar-refractivity contribution in [3.8, 4) is 0 Å². The highest BCUT2D eigenvalue weighted by molar-refractivity contribution is 5.81. The van der Waals surface area contributed by atoms with Crippen molar-refractivity contribution >= 4 is 5.91 Å². The topological polar surface area (TPSA) is 43.8 Å². The van der Waals surface area contributed by atoms with Crippen LogP contribution in [0.4, 0.5) is 0 Å². The Labute approximate surface area is 152 Å². The van der Waals surface area contributed by atoms with E-state index in [1.165, 1.54) is 12.0 Å². The van der Waals surface area contributed by atoms with Gasteiger partial charge in [0.2, 0.25) is 5.91 Å². The molecule has 2 atom stereocenters. The van der Waals surface area contributed by atoms with Gasteiger partial charge in [0, 0.05) is 37.7 Å². The first-order valence-corrected chi connectivity index (χ1v) is 9.48. The van der Waals surface area contributed by atoms with Crippen LogP contribution in [0.3, 0.4) is 0 Å². The van der Waals surface area contributed by atoms with Gasteiger partial charge in [-0.25, -0.2) is 0 Å². The lowest BCUT2D eigenvalue weighted by atomic mass is 9.90. The van der Waals surface area contributed by atoms with Gasteiger partial charge in [-0.3, -0.25) is 9.69 Å². The Bertz CT molecular complexity index is 539. The van der Waals surface area contributed by atoms with Crippen LogP contribution in [0.25, 0.3) is 0 Å². The number of rotatable bonds is 6. The number of hydrogen-bond donors (Lipinski definition) is 1. The number of carbonyl (C=O) groups excluding carboxylic acids is 1. The molecule has 1 aliphatic rings. The molecule has 4 heteroatoms. The number of aliphatic hydroxyl groups is 1. The number of nitrogens with zero attached hydrogens (tertiary/aromatic N) is 2. The van der Waals surface area contributed by atoms with Gasteiger partial charge in [-0.1, -0.05) is 51.1 Å². The summed E-state index contributed by atoms with van der Waals surface area (Å²) in [4.78, 5) is 17.0. The molecule has 1 saturated heterocycles. The van der Waals surface area contributed by atoms with E-state index < -0.39 is 0 Å². The van der Waals surface area contributed by atoms with Gasteiger partial charge in [-0.05, 0) is 37.8 Å². The normalized spacial score (nSPS) is 19.9. The molecule has 1 amide bonds. The van der Waals surface area contributed by atoms with Crippen molar-refractivity contribution in [2.45, 2.75) is 46.1 Å². The lowest BCUT2D eigenvalue weighted by Crippen LogP contribution is -2.47. The second-order valence-corrected chi connectivity index (χ2v) is 8.39. The fourth-order valence-corrected chi connectivity index (χ4v) is 3.85. The number of likely N-dealkylation sites (tertiary alicyclic amines) is 1. The molecule has 4 nitrogen and oxygen atoms in total. The first-order valence-electron chi connectivity index (χ1n) is 9.48. The Hall–Kier alpha value is -1.39. The third kappa shape index (κ3) is 5.55. The van der Waals surface area contributed by atoms with Crippen molar-refractivity contribution in [2.24, 2.45) is 11.3 Å². The molecule has 0 aromatic heterocycles.